The van der Waals surface area contributed by atoms with Gasteiger partial charge in [-0.15, -0.1) is 0 Å². The number of carbonyl (C=O) groups is 1. The lowest BCUT2D eigenvalue weighted by molar-refractivity contribution is -0.120. The lowest BCUT2D eigenvalue weighted by Crippen LogP contribution is -2.37. The fourth-order valence-corrected chi connectivity index (χ4v) is 3.32. The standard InChI is InChI=1S/C15H15N5O/c16-12-7-13(18-9-17-12)20-6-5-15(8-20)10-3-1-2-4-11(10)19-14(15)21/h1-4,7,9H,5-6,8H2,(H,19,21)(H2,16,17,18). The van der Waals surface area contributed by atoms with Crippen LogP contribution in [0.5, 0.6) is 0 Å². The van der Waals surface area contributed by atoms with Crippen LogP contribution in [0.4, 0.5) is 17.3 Å². The smallest absolute Gasteiger partial charge is 0.236 e. The summed E-state index contributed by atoms with van der Waals surface area (Å²) in [5.41, 5.74) is 7.25. The molecule has 0 bridgehead atoms. The normalized spacial score (nSPS) is 23.4. The molecule has 1 fully saturated rings. The minimum Gasteiger partial charge on any atom is -0.384 e. The molecular weight excluding hydrogens is 266 g/mol. The van der Waals surface area contributed by atoms with Crippen LogP contribution in [0.25, 0.3) is 0 Å². The van der Waals surface area contributed by atoms with Gasteiger partial charge in [-0.25, -0.2) is 9.97 Å². The van der Waals surface area contributed by atoms with Crippen LogP contribution in [0.2, 0.25) is 0 Å². The summed E-state index contributed by atoms with van der Waals surface area (Å²) in [4.78, 5) is 22.8. The molecule has 106 valence electrons. The maximum atomic E-state index is 12.5. The van der Waals surface area contributed by atoms with Gasteiger partial charge in [0.1, 0.15) is 18.0 Å². The van der Waals surface area contributed by atoms with Gasteiger partial charge in [0.25, 0.3) is 0 Å². The second kappa shape index (κ2) is 4.18. The first-order valence-corrected chi connectivity index (χ1v) is 6.92. The number of nitrogens with one attached hydrogen (secondary N) is 1. The number of hydrogen-bond acceptors (Lipinski definition) is 5. The number of fused-ring (bicyclic) bond motifs is 2. The second-order valence-corrected chi connectivity index (χ2v) is 5.55. The Hall–Kier alpha value is -2.63. The van der Waals surface area contributed by atoms with E-state index in [2.05, 4.69) is 20.2 Å². The fraction of sp³-hybridized carbons (Fsp3) is 0.267. The summed E-state index contributed by atoms with van der Waals surface area (Å²) in [5, 5.41) is 2.99. The third-order valence-corrected chi connectivity index (χ3v) is 4.39. The van der Waals surface area contributed by atoms with Crippen LogP contribution in [0.3, 0.4) is 0 Å². The van der Waals surface area contributed by atoms with E-state index >= 15 is 0 Å². The summed E-state index contributed by atoms with van der Waals surface area (Å²) in [6, 6.07) is 9.65. The zero-order valence-corrected chi connectivity index (χ0v) is 11.4. The van der Waals surface area contributed by atoms with E-state index in [4.69, 9.17) is 5.73 Å². The Morgan fingerprint density at radius 2 is 2.14 bits per heavy atom. The van der Waals surface area contributed by atoms with Crippen molar-refractivity contribution in [3.8, 4) is 0 Å². The Kier molecular flexibility index (Phi) is 2.42. The summed E-state index contributed by atoms with van der Waals surface area (Å²) in [6.45, 7) is 1.39. The molecule has 21 heavy (non-hydrogen) atoms. The van der Waals surface area contributed by atoms with Gasteiger partial charge in [-0.1, -0.05) is 18.2 Å². The predicted molar refractivity (Wildman–Crippen MR) is 80.0 cm³/mol. The Bertz CT molecular complexity index is 732. The summed E-state index contributed by atoms with van der Waals surface area (Å²) in [5.74, 6) is 1.29. The average Bonchev–Trinajstić information content (AvgIpc) is 3.04. The number of para-hydroxylation sites is 1. The molecule has 2 aromatic rings. The molecule has 6 nitrogen and oxygen atoms in total. The molecule has 1 atom stereocenters. The number of nitrogen functional groups attached to an aromatic ring is 1. The third-order valence-electron chi connectivity index (χ3n) is 4.39. The summed E-state index contributed by atoms with van der Waals surface area (Å²) >= 11 is 0. The van der Waals surface area contributed by atoms with Gasteiger partial charge in [0.2, 0.25) is 5.91 Å². The van der Waals surface area contributed by atoms with Crippen molar-refractivity contribution in [1.82, 2.24) is 9.97 Å². The molecule has 1 spiro atoms. The average molecular weight is 281 g/mol. The lowest BCUT2D eigenvalue weighted by atomic mass is 9.81. The molecule has 1 aromatic carbocycles. The second-order valence-electron chi connectivity index (χ2n) is 5.55. The van der Waals surface area contributed by atoms with Crippen LogP contribution >= 0.6 is 0 Å². The van der Waals surface area contributed by atoms with E-state index in [1.807, 2.05) is 24.3 Å². The van der Waals surface area contributed by atoms with Crippen LogP contribution in [0.15, 0.2) is 36.7 Å². The molecule has 1 saturated heterocycles. The largest absolute Gasteiger partial charge is 0.384 e. The number of hydrogen-bond donors (Lipinski definition) is 2. The van der Waals surface area contributed by atoms with E-state index in [9.17, 15) is 4.79 Å². The number of carbonyl (C=O) groups excluding carboxylic acids is 1. The molecule has 4 rings (SSSR count). The molecule has 6 heteroatoms. The summed E-state index contributed by atoms with van der Waals surface area (Å²) in [7, 11) is 0. The fourth-order valence-electron chi connectivity index (χ4n) is 3.32. The van der Waals surface area contributed by atoms with E-state index in [0.717, 1.165) is 30.0 Å². The molecule has 1 amide bonds. The highest BCUT2D eigenvalue weighted by molar-refractivity contribution is 6.07. The van der Waals surface area contributed by atoms with Crippen molar-refractivity contribution in [2.45, 2.75) is 11.8 Å². The van der Waals surface area contributed by atoms with E-state index in [1.54, 1.807) is 6.07 Å². The predicted octanol–water partition coefficient (Wildman–Crippen LogP) is 1.16. The highest BCUT2D eigenvalue weighted by atomic mass is 16.2. The number of nitrogens with zero attached hydrogens (tertiary/aromatic N) is 3. The van der Waals surface area contributed by atoms with Crippen molar-refractivity contribution in [3.05, 3.63) is 42.2 Å². The van der Waals surface area contributed by atoms with Crippen molar-refractivity contribution in [2.24, 2.45) is 0 Å². The number of aromatic nitrogens is 2. The number of rotatable bonds is 1. The first-order valence-electron chi connectivity index (χ1n) is 6.92. The van der Waals surface area contributed by atoms with Crippen LogP contribution in [0, 0.1) is 0 Å². The van der Waals surface area contributed by atoms with Gasteiger partial charge < -0.3 is 16.0 Å². The Morgan fingerprint density at radius 3 is 3.00 bits per heavy atom. The number of anilines is 3. The van der Waals surface area contributed by atoms with Gasteiger partial charge in [0.15, 0.2) is 0 Å². The molecule has 0 radical (unpaired) electrons. The van der Waals surface area contributed by atoms with E-state index in [0.29, 0.717) is 12.4 Å². The Labute approximate surface area is 122 Å². The zero-order chi connectivity index (χ0) is 14.4. The molecule has 0 aliphatic carbocycles. The first-order chi connectivity index (χ1) is 10.2. The van der Waals surface area contributed by atoms with E-state index < -0.39 is 5.41 Å². The number of benzene rings is 1. The van der Waals surface area contributed by atoms with Gasteiger partial charge in [-0.05, 0) is 18.1 Å². The third kappa shape index (κ3) is 1.68. The van der Waals surface area contributed by atoms with Gasteiger partial charge in [-0.2, -0.15) is 0 Å². The van der Waals surface area contributed by atoms with Crippen molar-refractivity contribution in [1.29, 1.82) is 0 Å². The van der Waals surface area contributed by atoms with Crippen LogP contribution in [0.1, 0.15) is 12.0 Å². The van der Waals surface area contributed by atoms with Gasteiger partial charge in [-0.3, -0.25) is 4.79 Å². The maximum Gasteiger partial charge on any atom is 0.236 e. The molecule has 1 unspecified atom stereocenters. The molecule has 3 heterocycles. The van der Waals surface area contributed by atoms with Gasteiger partial charge in [0, 0.05) is 24.8 Å². The Morgan fingerprint density at radius 1 is 1.29 bits per heavy atom. The van der Waals surface area contributed by atoms with Gasteiger partial charge >= 0.3 is 0 Å². The molecule has 1 aromatic heterocycles. The molecule has 3 N–H and O–H groups in total. The zero-order valence-electron chi connectivity index (χ0n) is 11.4. The SMILES string of the molecule is Nc1cc(N2CCC3(C2)C(=O)Nc2ccccc23)ncn1. The lowest BCUT2D eigenvalue weighted by Gasteiger charge is -2.23. The number of nitrogens with two attached hydrogens (primary N) is 1. The minimum atomic E-state index is -0.476. The monoisotopic (exact) mass is 281 g/mol. The van der Waals surface area contributed by atoms with Crippen molar-refractivity contribution in [2.75, 3.05) is 29.0 Å². The maximum absolute atomic E-state index is 12.5. The molecular formula is C15H15N5O. The van der Waals surface area contributed by atoms with E-state index in [-0.39, 0.29) is 5.91 Å². The first kappa shape index (κ1) is 12.1. The van der Waals surface area contributed by atoms with Crippen LogP contribution in [-0.4, -0.2) is 29.0 Å². The van der Waals surface area contributed by atoms with E-state index in [1.165, 1.54) is 6.33 Å². The Balaban J connectivity index is 1.71. The van der Waals surface area contributed by atoms with Crippen molar-refractivity contribution >= 4 is 23.2 Å². The van der Waals surface area contributed by atoms with Crippen molar-refractivity contribution in [3.63, 3.8) is 0 Å². The highest BCUT2D eigenvalue weighted by Crippen LogP contribution is 2.44. The van der Waals surface area contributed by atoms with Crippen LogP contribution < -0.4 is 16.0 Å². The summed E-state index contributed by atoms with van der Waals surface area (Å²) < 4.78 is 0. The quantitative estimate of drug-likeness (QED) is 0.819. The molecule has 2 aliphatic heterocycles. The topological polar surface area (TPSA) is 84.1 Å². The van der Waals surface area contributed by atoms with Crippen molar-refractivity contribution < 1.29 is 4.79 Å². The highest BCUT2D eigenvalue weighted by Gasteiger charge is 2.51. The molecule has 0 saturated carbocycles. The summed E-state index contributed by atoms with van der Waals surface area (Å²) in [6.07, 6.45) is 2.23. The number of amides is 1. The van der Waals surface area contributed by atoms with Crippen LogP contribution in [-0.2, 0) is 10.2 Å². The minimum absolute atomic E-state index is 0.0771. The molecule has 2 aliphatic rings. The van der Waals surface area contributed by atoms with Gasteiger partial charge in [0.05, 0.1) is 5.41 Å².